The third-order valence-electron chi connectivity index (χ3n) is 2.87. The molecule has 0 saturated carbocycles. The van der Waals surface area contributed by atoms with E-state index in [1.165, 1.54) is 14.0 Å². The van der Waals surface area contributed by atoms with Gasteiger partial charge in [-0.2, -0.15) is 0 Å². The highest BCUT2D eigenvalue weighted by molar-refractivity contribution is 5.83. The number of nitrogens with one attached hydrogen (secondary N) is 2. The van der Waals surface area contributed by atoms with Gasteiger partial charge in [-0.25, -0.2) is 4.79 Å². The fraction of sp³-hybridized carbons (Fsp3) is 0.500. The molecule has 0 aliphatic carbocycles. The molecule has 110 valence electrons. The first kappa shape index (κ1) is 16.1. The van der Waals surface area contributed by atoms with Crippen molar-refractivity contribution in [3.8, 4) is 0 Å². The number of nitrogens with zero attached hydrogens (tertiary/aromatic N) is 1. The maximum Gasteiger partial charge on any atom is 0.329 e. The van der Waals surface area contributed by atoms with E-state index in [1.807, 2.05) is 12.1 Å². The van der Waals surface area contributed by atoms with E-state index >= 15 is 0 Å². The predicted octanol–water partition coefficient (Wildman–Crippen LogP) is 0.411. The molecule has 6 heteroatoms. The van der Waals surface area contributed by atoms with E-state index in [4.69, 9.17) is 0 Å². The summed E-state index contributed by atoms with van der Waals surface area (Å²) in [7, 11) is 1.30. The van der Waals surface area contributed by atoms with Crippen LogP contribution in [0.3, 0.4) is 0 Å². The summed E-state index contributed by atoms with van der Waals surface area (Å²) in [6.45, 7) is 4.27. The van der Waals surface area contributed by atoms with Crippen LogP contribution >= 0.6 is 0 Å². The molecule has 1 amide bonds. The van der Waals surface area contributed by atoms with Crippen LogP contribution in [0.25, 0.3) is 0 Å². The highest BCUT2D eigenvalue weighted by Gasteiger charge is 2.19. The number of carbonyl (C=O) groups is 2. The lowest BCUT2D eigenvalue weighted by Gasteiger charge is -2.16. The molecule has 1 aromatic heterocycles. The zero-order chi connectivity index (χ0) is 15.0. The fourth-order valence-corrected chi connectivity index (χ4v) is 1.87. The van der Waals surface area contributed by atoms with E-state index in [2.05, 4.69) is 27.3 Å². The average molecular weight is 279 g/mol. The van der Waals surface area contributed by atoms with Gasteiger partial charge >= 0.3 is 5.97 Å². The number of amides is 1. The van der Waals surface area contributed by atoms with Crippen molar-refractivity contribution in [1.82, 2.24) is 15.6 Å². The topological polar surface area (TPSA) is 80.3 Å². The molecule has 0 spiro atoms. The minimum Gasteiger partial charge on any atom is -0.467 e. The summed E-state index contributed by atoms with van der Waals surface area (Å²) in [6.07, 6.45) is 2.64. The molecule has 0 radical (unpaired) electrons. The highest BCUT2D eigenvalue weighted by Crippen LogP contribution is 2.05. The molecule has 1 aromatic rings. The van der Waals surface area contributed by atoms with E-state index in [1.54, 1.807) is 6.20 Å². The quantitative estimate of drug-likeness (QED) is 0.707. The Labute approximate surface area is 118 Å². The molecule has 6 nitrogen and oxygen atoms in total. The first-order chi connectivity index (χ1) is 9.58. The molecule has 0 aliphatic rings. The van der Waals surface area contributed by atoms with Crippen molar-refractivity contribution in [1.29, 1.82) is 0 Å². The standard InChI is InChI=1S/C14H21N3O3/c1-4-11-6-5-7-16-12(11)8-15-9-13(14(19)20-3)17-10(2)18/h5-7,13,15H,4,8-9H2,1-3H3,(H,17,18). The maximum absolute atomic E-state index is 11.5. The number of hydrogen-bond donors (Lipinski definition) is 2. The van der Waals surface area contributed by atoms with Crippen molar-refractivity contribution >= 4 is 11.9 Å². The van der Waals surface area contributed by atoms with Gasteiger partial charge in [-0.1, -0.05) is 13.0 Å². The second kappa shape index (κ2) is 8.27. The first-order valence-corrected chi connectivity index (χ1v) is 6.56. The molecular formula is C14H21N3O3. The molecule has 2 N–H and O–H groups in total. The van der Waals surface area contributed by atoms with E-state index in [0.717, 1.165) is 17.7 Å². The van der Waals surface area contributed by atoms with Crippen LogP contribution < -0.4 is 10.6 Å². The molecule has 1 unspecified atom stereocenters. The minimum absolute atomic E-state index is 0.269. The van der Waals surface area contributed by atoms with Crippen LogP contribution in [0.2, 0.25) is 0 Å². The monoisotopic (exact) mass is 279 g/mol. The zero-order valence-electron chi connectivity index (χ0n) is 12.1. The molecule has 0 aromatic carbocycles. The predicted molar refractivity (Wildman–Crippen MR) is 74.9 cm³/mol. The Kier molecular flexibility index (Phi) is 6.66. The van der Waals surface area contributed by atoms with Gasteiger partial charge in [0.1, 0.15) is 6.04 Å². The van der Waals surface area contributed by atoms with Crippen molar-refractivity contribution in [2.45, 2.75) is 32.9 Å². The number of methoxy groups -OCH3 is 1. The summed E-state index contributed by atoms with van der Waals surface area (Å²) >= 11 is 0. The number of carbonyl (C=O) groups excluding carboxylic acids is 2. The van der Waals surface area contributed by atoms with E-state index in [0.29, 0.717) is 13.1 Å². The van der Waals surface area contributed by atoms with Crippen LogP contribution in [0.5, 0.6) is 0 Å². The van der Waals surface area contributed by atoms with Gasteiger partial charge in [0.25, 0.3) is 0 Å². The lowest BCUT2D eigenvalue weighted by molar-refractivity contribution is -0.144. The van der Waals surface area contributed by atoms with Gasteiger partial charge in [0.2, 0.25) is 5.91 Å². The number of aryl methyl sites for hydroxylation is 1. The van der Waals surface area contributed by atoms with Crippen LogP contribution in [-0.4, -0.2) is 36.6 Å². The summed E-state index contributed by atoms with van der Waals surface area (Å²) in [4.78, 5) is 26.9. The number of aromatic nitrogens is 1. The molecule has 1 atom stereocenters. The summed E-state index contributed by atoms with van der Waals surface area (Å²) in [6, 6.07) is 3.23. The molecular weight excluding hydrogens is 258 g/mol. The number of ether oxygens (including phenoxy) is 1. The number of hydrogen-bond acceptors (Lipinski definition) is 5. The van der Waals surface area contributed by atoms with Crippen molar-refractivity contribution in [3.63, 3.8) is 0 Å². The smallest absolute Gasteiger partial charge is 0.329 e. The second-order valence-electron chi connectivity index (χ2n) is 4.37. The zero-order valence-corrected chi connectivity index (χ0v) is 12.1. The molecule has 0 aliphatic heterocycles. The van der Waals surface area contributed by atoms with Gasteiger partial charge in [0, 0.05) is 26.2 Å². The molecule has 20 heavy (non-hydrogen) atoms. The fourth-order valence-electron chi connectivity index (χ4n) is 1.87. The Balaban J connectivity index is 2.55. The molecule has 1 heterocycles. The van der Waals surface area contributed by atoms with E-state index in [9.17, 15) is 9.59 Å². The SMILES string of the molecule is CCc1cccnc1CNCC(NC(C)=O)C(=O)OC. The Morgan fingerprint density at radius 2 is 2.20 bits per heavy atom. The number of pyridine rings is 1. The lowest BCUT2D eigenvalue weighted by Crippen LogP contribution is -2.47. The van der Waals surface area contributed by atoms with Gasteiger partial charge in [-0.3, -0.25) is 9.78 Å². The van der Waals surface area contributed by atoms with Gasteiger partial charge in [0.05, 0.1) is 12.8 Å². The Morgan fingerprint density at radius 3 is 2.80 bits per heavy atom. The van der Waals surface area contributed by atoms with Crippen molar-refractivity contribution in [2.75, 3.05) is 13.7 Å². The largest absolute Gasteiger partial charge is 0.467 e. The lowest BCUT2D eigenvalue weighted by atomic mass is 10.1. The molecule has 0 saturated heterocycles. The van der Waals surface area contributed by atoms with Crippen LogP contribution in [0.1, 0.15) is 25.1 Å². The van der Waals surface area contributed by atoms with E-state index < -0.39 is 12.0 Å². The summed E-state index contributed by atoms with van der Waals surface area (Å²) in [5, 5.41) is 5.67. The van der Waals surface area contributed by atoms with Crippen molar-refractivity contribution in [2.24, 2.45) is 0 Å². The van der Waals surface area contributed by atoms with Crippen LogP contribution in [0.15, 0.2) is 18.3 Å². The Hall–Kier alpha value is -1.95. The van der Waals surface area contributed by atoms with E-state index in [-0.39, 0.29) is 5.91 Å². The summed E-state index contributed by atoms with van der Waals surface area (Å²) in [5.41, 5.74) is 2.11. The van der Waals surface area contributed by atoms with Gasteiger partial charge < -0.3 is 15.4 Å². The van der Waals surface area contributed by atoms with Gasteiger partial charge in [-0.15, -0.1) is 0 Å². The third kappa shape index (κ3) is 4.97. The third-order valence-corrected chi connectivity index (χ3v) is 2.87. The second-order valence-corrected chi connectivity index (χ2v) is 4.37. The normalized spacial score (nSPS) is 11.8. The summed E-state index contributed by atoms with van der Waals surface area (Å²) < 4.78 is 4.65. The van der Waals surface area contributed by atoms with Crippen molar-refractivity contribution < 1.29 is 14.3 Å². The number of esters is 1. The minimum atomic E-state index is -0.689. The molecule has 0 bridgehead atoms. The molecule has 1 rings (SSSR count). The van der Waals surface area contributed by atoms with Crippen molar-refractivity contribution in [3.05, 3.63) is 29.6 Å². The van der Waals surface area contributed by atoms with Gasteiger partial charge in [-0.05, 0) is 18.1 Å². The van der Waals surface area contributed by atoms with Crippen LogP contribution in [0, 0.1) is 0 Å². The maximum atomic E-state index is 11.5. The van der Waals surface area contributed by atoms with Crippen LogP contribution in [0.4, 0.5) is 0 Å². The molecule has 0 fully saturated rings. The first-order valence-electron chi connectivity index (χ1n) is 6.56. The van der Waals surface area contributed by atoms with Crippen LogP contribution in [-0.2, 0) is 27.3 Å². The summed E-state index contributed by atoms with van der Waals surface area (Å²) in [5.74, 6) is -0.737. The Bertz CT molecular complexity index is 463. The van der Waals surface area contributed by atoms with Gasteiger partial charge in [0.15, 0.2) is 0 Å². The average Bonchev–Trinajstić information content (AvgIpc) is 2.45. The number of rotatable bonds is 7. The highest BCUT2D eigenvalue weighted by atomic mass is 16.5. The Morgan fingerprint density at radius 1 is 1.45 bits per heavy atom.